The minimum atomic E-state index is -0.485. The molecule has 3 rings (SSSR count). The molecule has 2 heterocycles. The van der Waals surface area contributed by atoms with Crippen molar-refractivity contribution in [2.24, 2.45) is 5.92 Å². The van der Waals surface area contributed by atoms with Crippen molar-refractivity contribution in [3.8, 4) is 0 Å². The molecule has 7 heteroatoms. The standard InChI is InChI=1S/C25H42B2O5/c1-18(21(28)16-15-19-13-11-10-12-14-19)20(27-31-24(6,7)25(8,9)32-27)17-26-29-22(2,3)23(4,5)30-26/h10-14,18,20-21,28H,15-17H2,1-9H3/t18-,20+,21+/m0/s1. The summed E-state index contributed by atoms with van der Waals surface area (Å²) in [6.07, 6.45) is 1.64. The molecule has 2 saturated heterocycles. The molecule has 3 atom stereocenters. The van der Waals surface area contributed by atoms with Crippen molar-refractivity contribution in [3.63, 3.8) is 0 Å². The van der Waals surface area contributed by atoms with Gasteiger partial charge in [0.25, 0.3) is 0 Å². The first-order chi connectivity index (χ1) is 14.7. The van der Waals surface area contributed by atoms with Crippen LogP contribution in [0.4, 0.5) is 0 Å². The van der Waals surface area contributed by atoms with Crippen LogP contribution in [0.1, 0.15) is 74.3 Å². The minimum absolute atomic E-state index is 0.0487. The summed E-state index contributed by atoms with van der Waals surface area (Å²) >= 11 is 0. The molecule has 0 unspecified atom stereocenters. The minimum Gasteiger partial charge on any atom is -0.403 e. The van der Waals surface area contributed by atoms with Crippen LogP contribution in [0.5, 0.6) is 0 Å². The molecule has 1 aromatic rings. The van der Waals surface area contributed by atoms with E-state index in [1.54, 1.807) is 0 Å². The Hall–Kier alpha value is -0.850. The zero-order valence-electron chi connectivity index (χ0n) is 21.5. The highest BCUT2D eigenvalue weighted by molar-refractivity contribution is 6.53. The van der Waals surface area contributed by atoms with Crippen molar-refractivity contribution in [2.45, 2.75) is 116 Å². The molecular formula is C25H42B2O5. The summed E-state index contributed by atoms with van der Waals surface area (Å²) in [5.41, 5.74) is -0.418. The summed E-state index contributed by atoms with van der Waals surface area (Å²) in [5, 5.41) is 11.2. The summed E-state index contributed by atoms with van der Waals surface area (Å²) in [6.45, 7) is 18.6. The first kappa shape index (κ1) is 25.8. The molecule has 0 spiro atoms. The van der Waals surface area contributed by atoms with Gasteiger partial charge in [-0.05, 0) is 91.9 Å². The van der Waals surface area contributed by atoms with Crippen LogP contribution in [0, 0.1) is 5.92 Å². The lowest BCUT2D eigenvalue weighted by Crippen LogP contribution is -2.41. The summed E-state index contributed by atoms with van der Waals surface area (Å²) in [6, 6.07) is 10.3. The van der Waals surface area contributed by atoms with E-state index in [-0.39, 0.29) is 18.9 Å². The van der Waals surface area contributed by atoms with Crippen molar-refractivity contribution in [2.75, 3.05) is 0 Å². The van der Waals surface area contributed by atoms with Gasteiger partial charge in [0.05, 0.1) is 28.5 Å². The van der Waals surface area contributed by atoms with Gasteiger partial charge in [-0.3, -0.25) is 0 Å². The van der Waals surface area contributed by atoms with Crippen molar-refractivity contribution in [1.29, 1.82) is 0 Å². The molecule has 2 aliphatic heterocycles. The largest absolute Gasteiger partial charge is 0.461 e. The number of aliphatic hydroxyl groups is 1. The van der Waals surface area contributed by atoms with E-state index >= 15 is 0 Å². The molecule has 0 amide bonds. The Balaban J connectivity index is 1.76. The first-order valence-corrected chi connectivity index (χ1v) is 12.1. The van der Waals surface area contributed by atoms with E-state index in [9.17, 15) is 5.11 Å². The Kier molecular flexibility index (Phi) is 7.30. The average Bonchev–Trinajstić information content (AvgIpc) is 3.03. The van der Waals surface area contributed by atoms with Gasteiger partial charge in [-0.15, -0.1) is 0 Å². The molecule has 2 fully saturated rings. The van der Waals surface area contributed by atoms with Gasteiger partial charge in [0.15, 0.2) is 0 Å². The Bertz CT molecular complexity index is 733. The van der Waals surface area contributed by atoms with Crippen LogP contribution >= 0.6 is 0 Å². The smallest absolute Gasteiger partial charge is 0.403 e. The van der Waals surface area contributed by atoms with Gasteiger partial charge in [-0.2, -0.15) is 0 Å². The molecule has 1 aromatic carbocycles. The molecule has 32 heavy (non-hydrogen) atoms. The van der Waals surface area contributed by atoms with E-state index in [4.69, 9.17) is 18.6 Å². The van der Waals surface area contributed by atoms with Crippen LogP contribution in [-0.2, 0) is 25.0 Å². The van der Waals surface area contributed by atoms with Crippen molar-refractivity contribution < 1.29 is 23.7 Å². The van der Waals surface area contributed by atoms with Crippen LogP contribution in [-0.4, -0.2) is 47.9 Å². The molecule has 0 saturated carbocycles. The third-order valence-corrected chi connectivity index (χ3v) is 8.24. The number of aryl methyl sites for hydroxylation is 1. The Morgan fingerprint density at radius 1 is 0.781 bits per heavy atom. The van der Waals surface area contributed by atoms with Gasteiger partial charge in [0.1, 0.15) is 0 Å². The molecule has 5 nitrogen and oxygen atoms in total. The Labute approximate surface area is 195 Å². The van der Waals surface area contributed by atoms with Crippen molar-refractivity contribution >= 4 is 14.2 Å². The third kappa shape index (κ3) is 5.28. The van der Waals surface area contributed by atoms with Crippen LogP contribution in [0.25, 0.3) is 0 Å². The molecular weight excluding hydrogens is 402 g/mol. The number of hydrogen-bond donors (Lipinski definition) is 1. The molecule has 178 valence electrons. The summed E-state index contributed by atoms with van der Waals surface area (Å²) in [4.78, 5) is 0. The third-order valence-electron chi connectivity index (χ3n) is 8.24. The van der Waals surface area contributed by atoms with Crippen LogP contribution in [0.15, 0.2) is 30.3 Å². The molecule has 0 radical (unpaired) electrons. The lowest BCUT2D eigenvalue weighted by Gasteiger charge is -2.32. The summed E-state index contributed by atoms with van der Waals surface area (Å²) < 4.78 is 25.5. The first-order valence-electron chi connectivity index (χ1n) is 12.1. The number of aliphatic hydroxyl groups excluding tert-OH is 1. The fourth-order valence-electron chi connectivity index (χ4n) is 4.43. The van der Waals surface area contributed by atoms with Gasteiger partial charge < -0.3 is 23.7 Å². The predicted molar refractivity (Wildman–Crippen MR) is 131 cm³/mol. The van der Waals surface area contributed by atoms with E-state index in [0.29, 0.717) is 12.7 Å². The molecule has 0 bridgehead atoms. The average molecular weight is 444 g/mol. The summed E-state index contributed by atoms with van der Waals surface area (Å²) in [5.74, 6) is -0.121. The normalized spacial score (nSPS) is 26.2. The van der Waals surface area contributed by atoms with Gasteiger partial charge in [-0.1, -0.05) is 37.3 Å². The maximum absolute atomic E-state index is 11.2. The highest BCUT2D eigenvalue weighted by Gasteiger charge is 2.58. The van der Waals surface area contributed by atoms with E-state index in [2.05, 4.69) is 74.4 Å². The predicted octanol–water partition coefficient (Wildman–Crippen LogP) is 5.17. The number of hydrogen-bond acceptors (Lipinski definition) is 5. The lowest BCUT2D eigenvalue weighted by atomic mass is 9.55. The monoisotopic (exact) mass is 444 g/mol. The van der Waals surface area contributed by atoms with Gasteiger partial charge in [0.2, 0.25) is 0 Å². The van der Waals surface area contributed by atoms with E-state index in [1.807, 2.05) is 18.2 Å². The zero-order valence-corrected chi connectivity index (χ0v) is 21.5. The summed E-state index contributed by atoms with van der Waals surface area (Å²) in [7, 11) is -0.798. The molecule has 1 N–H and O–H groups in total. The number of benzene rings is 1. The van der Waals surface area contributed by atoms with E-state index < -0.39 is 35.6 Å². The second kappa shape index (κ2) is 9.07. The van der Waals surface area contributed by atoms with Gasteiger partial charge in [0, 0.05) is 0 Å². The fraction of sp³-hybridized carbons (Fsp3) is 0.760. The highest BCUT2D eigenvalue weighted by atomic mass is 16.7. The maximum Gasteiger partial charge on any atom is 0.461 e. The maximum atomic E-state index is 11.2. The van der Waals surface area contributed by atoms with Gasteiger partial charge >= 0.3 is 14.2 Å². The van der Waals surface area contributed by atoms with Gasteiger partial charge in [-0.25, -0.2) is 0 Å². The lowest BCUT2D eigenvalue weighted by molar-refractivity contribution is 0.00578. The van der Waals surface area contributed by atoms with Crippen LogP contribution in [0.3, 0.4) is 0 Å². The number of rotatable bonds is 8. The SMILES string of the molecule is C[C@H]([C@H](O)CCc1ccccc1)[C@@H](CB1OC(C)(C)C(C)(C)O1)B1OC(C)(C)C(C)(C)O1. The van der Waals surface area contributed by atoms with Crippen LogP contribution < -0.4 is 0 Å². The Morgan fingerprint density at radius 3 is 1.75 bits per heavy atom. The highest BCUT2D eigenvalue weighted by Crippen LogP contribution is 2.47. The molecule has 2 aliphatic rings. The topological polar surface area (TPSA) is 57.2 Å². The van der Waals surface area contributed by atoms with Crippen molar-refractivity contribution in [3.05, 3.63) is 35.9 Å². The van der Waals surface area contributed by atoms with Crippen molar-refractivity contribution in [1.82, 2.24) is 0 Å². The van der Waals surface area contributed by atoms with E-state index in [1.165, 1.54) is 5.56 Å². The molecule has 0 aromatic heterocycles. The quantitative estimate of drug-likeness (QED) is 0.561. The van der Waals surface area contributed by atoms with E-state index in [0.717, 1.165) is 6.42 Å². The second-order valence-electron chi connectivity index (χ2n) is 11.7. The zero-order chi connectivity index (χ0) is 23.9. The van der Waals surface area contributed by atoms with Crippen LogP contribution in [0.2, 0.25) is 12.1 Å². The Morgan fingerprint density at radius 2 is 1.25 bits per heavy atom. The fourth-order valence-corrected chi connectivity index (χ4v) is 4.43. The second-order valence-corrected chi connectivity index (χ2v) is 11.7. The molecule has 0 aliphatic carbocycles.